The monoisotopic (exact) mass is 546 g/mol. The van der Waals surface area contributed by atoms with Gasteiger partial charge in [-0.1, -0.05) is 36.4 Å². The van der Waals surface area contributed by atoms with E-state index < -0.39 is 15.7 Å². The quantitative estimate of drug-likeness (QED) is 0.235. The minimum atomic E-state index is -3.02. The summed E-state index contributed by atoms with van der Waals surface area (Å²) in [5, 5.41) is 3.72. The van der Waals surface area contributed by atoms with Crippen LogP contribution in [0.2, 0.25) is 0 Å². The Hall–Kier alpha value is -4.28. The van der Waals surface area contributed by atoms with Crippen molar-refractivity contribution in [3.63, 3.8) is 0 Å². The molecule has 5 aromatic rings. The Morgan fingerprint density at radius 3 is 2.54 bits per heavy atom. The van der Waals surface area contributed by atoms with Gasteiger partial charge in [0.25, 0.3) is 0 Å². The lowest BCUT2D eigenvalue weighted by Crippen LogP contribution is -2.21. The van der Waals surface area contributed by atoms with E-state index >= 15 is 0 Å². The predicted molar refractivity (Wildman–Crippen MR) is 149 cm³/mol. The number of anilines is 1. The maximum absolute atomic E-state index is 14.8. The van der Waals surface area contributed by atoms with E-state index in [-0.39, 0.29) is 23.9 Å². The molecule has 3 aromatic carbocycles. The van der Waals surface area contributed by atoms with Gasteiger partial charge in [-0.15, -0.1) is 0 Å². The maximum Gasteiger partial charge on any atom is 0.165 e. The van der Waals surface area contributed by atoms with Crippen LogP contribution in [0.1, 0.15) is 11.3 Å². The summed E-state index contributed by atoms with van der Waals surface area (Å²) < 4.78 is 48.6. The first-order valence-electron chi connectivity index (χ1n) is 12.3. The van der Waals surface area contributed by atoms with Crippen molar-refractivity contribution in [2.24, 2.45) is 0 Å². The lowest BCUT2D eigenvalue weighted by Gasteiger charge is -2.10. The molecule has 0 saturated heterocycles. The van der Waals surface area contributed by atoms with E-state index in [0.717, 1.165) is 16.7 Å². The molecule has 2 heterocycles. The Morgan fingerprint density at radius 2 is 1.77 bits per heavy atom. The zero-order valence-corrected chi connectivity index (χ0v) is 22.0. The van der Waals surface area contributed by atoms with E-state index in [2.05, 4.69) is 15.3 Å². The topological polar surface area (TPSA) is 120 Å². The number of hydrogen-bond acceptors (Lipinski definition) is 8. The molecule has 5 rings (SSSR count). The Morgan fingerprint density at radius 1 is 0.974 bits per heavy atom. The fourth-order valence-electron chi connectivity index (χ4n) is 4.05. The summed E-state index contributed by atoms with van der Waals surface area (Å²) in [5.41, 5.74) is 10.0. The smallest absolute Gasteiger partial charge is 0.165 e. The van der Waals surface area contributed by atoms with Gasteiger partial charge in [0.05, 0.1) is 24.1 Å². The molecule has 0 amide bonds. The first-order chi connectivity index (χ1) is 18.7. The molecule has 3 N–H and O–H groups in total. The van der Waals surface area contributed by atoms with Crippen LogP contribution in [0, 0.1) is 5.82 Å². The molecule has 0 spiro atoms. The van der Waals surface area contributed by atoms with Gasteiger partial charge in [0.1, 0.15) is 28.0 Å². The van der Waals surface area contributed by atoms with Crippen molar-refractivity contribution < 1.29 is 22.0 Å². The molecule has 0 aliphatic carbocycles. The fraction of sp³-hybridized carbons (Fsp3) is 0.172. The van der Waals surface area contributed by atoms with Crippen molar-refractivity contribution in [1.82, 2.24) is 15.3 Å². The molecule has 8 nitrogen and oxygen atoms in total. The number of aromatic nitrogens is 2. The van der Waals surface area contributed by atoms with Crippen LogP contribution in [0.5, 0.6) is 5.75 Å². The molecule has 39 heavy (non-hydrogen) atoms. The van der Waals surface area contributed by atoms with Gasteiger partial charge < -0.3 is 20.2 Å². The van der Waals surface area contributed by atoms with Gasteiger partial charge in [-0.2, -0.15) is 0 Å². The SMILES string of the molecule is CS(=O)(=O)CCNCc1cc(-c2ccc3nc(-c4ccc(OCc5ccccc5)c(F)c4)nc(N)c3c2)co1. The van der Waals surface area contributed by atoms with E-state index in [0.29, 0.717) is 41.1 Å². The van der Waals surface area contributed by atoms with E-state index in [9.17, 15) is 12.8 Å². The number of benzene rings is 3. The van der Waals surface area contributed by atoms with Gasteiger partial charge in [-0.05, 0) is 47.5 Å². The van der Waals surface area contributed by atoms with Crippen LogP contribution in [-0.4, -0.2) is 36.9 Å². The summed E-state index contributed by atoms with van der Waals surface area (Å²) in [4.78, 5) is 9.02. The number of nitrogens with one attached hydrogen (secondary N) is 1. The number of fused-ring (bicyclic) bond motifs is 1. The second-order valence-electron chi connectivity index (χ2n) is 9.19. The number of hydrogen-bond donors (Lipinski definition) is 2. The van der Waals surface area contributed by atoms with Crippen LogP contribution < -0.4 is 15.8 Å². The molecule has 0 aliphatic heterocycles. The van der Waals surface area contributed by atoms with Crippen molar-refractivity contribution in [2.75, 3.05) is 24.3 Å². The highest BCUT2D eigenvalue weighted by molar-refractivity contribution is 7.90. The number of halogens is 1. The highest BCUT2D eigenvalue weighted by Gasteiger charge is 2.13. The third-order valence-electron chi connectivity index (χ3n) is 6.09. The van der Waals surface area contributed by atoms with Crippen LogP contribution in [0.4, 0.5) is 10.2 Å². The van der Waals surface area contributed by atoms with E-state index in [1.54, 1.807) is 18.4 Å². The molecule has 200 valence electrons. The zero-order valence-electron chi connectivity index (χ0n) is 21.2. The Kier molecular flexibility index (Phi) is 7.58. The van der Waals surface area contributed by atoms with Gasteiger partial charge in [0.2, 0.25) is 0 Å². The lowest BCUT2D eigenvalue weighted by molar-refractivity contribution is 0.290. The number of nitrogens with two attached hydrogens (primary N) is 1. The lowest BCUT2D eigenvalue weighted by atomic mass is 10.1. The number of nitrogen functional groups attached to an aromatic ring is 1. The summed E-state index contributed by atoms with van der Waals surface area (Å²) in [6, 6.07) is 21.6. The van der Waals surface area contributed by atoms with E-state index in [4.69, 9.17) is 14.9 Å². The third kappa shape index (κ3) is 6.60. The Labute approximate surface area is 225 Å². The second-order valence-corrected chi connectivity index (χ2v) is 11.5. The minimum absolute atomic E-state index is 0.0608. The van der Waals surface area contributed by atoms with Gasteiger partial charge in [-0.25, -0.2) is 22.8 Å². The second kappa shape index (κ2) is 11.2. The molecule has 2 aromatic heterocycles. The van der Waals surface area contributed by atoms with Crippen LogP contribution in [0.3, 0.4) is 0 Å². The van der Waals surface area contributed by atoms with Gasteiger partial charge in [0.15, 0.2) is 17.4 Å². The van der Waals surface area contributed by atoms with Gasteiger partial charge >= 0.3 is 0 Å². The largest absolute Gasteiger partial charge is 0.486 e. The summed E-state index contributed by atoms with van der Waals surface area (Å²) >= 11 is 0. The number of sulfone groups is 1. The maximum atomic E-state index is 14.8. The van der Waals surface area contributed by atoms with Crippen LogP contribution in [0.15, 0.2) is 83.5 Å². The molecule has 0 atom stereocenters. The molecule has 10 heteroatoms. The first kappa shape index (κ1) is 26.3. The standard InChI is InChI=1S/C29H27FN4O4S/c1-39(35,36)12-11-32-16-23-13-22(18-37-23)20-7-9-26-24(14-20)28(31)34-29(33-26)21-8-10-27(25(30)15-21)38-17-19-5-3-2-4-6-19/h2-10,13-15,18,32H,11-12,16-17H2,1H3,(H2,31,33,34). The van der Waals surface area contributed by atoms with Gasteiger partial charge in [0, 0.05) is 29.3 Å². The number of nitrogens with zero attached hydrogens (tertiary/aromatic N) is 2. The van der Waals surface area contributed by atoms with E-state index in [1.807, 2.05) is 54.6 Å². The molecule has 0 saturated carbocycles. The number of rotatable bonds is 10. The summed E-state index contributed by atoms with van der Waals surface area (Å²) in [6.07, 6.45) is 2.83. The molecular formula is C29H27FN4O4S. The summed E-state index contributed by atoms with van der Waals surface area (Å²) in [6.45, 7) is 1.01. The van der Waals surface area contributed by atoms with Gasteiger partial charge in [-0.3, -0.25) is 0 Å². The zero-order chi connectivity index (χ0) is 27.4. The molecule has 0 aliphatic rings. The van der Waals surface area contributed by atoms with Crippen LogP contribution in [0.25, 0.3) is 33.4 Å². The minimum Gasteiger partial charge on any atom is -0.486 e. The highest BCUT2D eigenvalue weighted by Crippen LogP contribution is 2.31. The Balaban J connectivity index is 1.31. The predicted octanol–water partition coefficient (Wildman–Crippen LogP) is 4.99. The molecule has 0 bridgehead atoms. The molecule has 0 unspecified atom stereocenters. The average molecular weight is 547 g/mol. The number of ether oxygens (including phenoxy) is 1. The van der Waals surface area contributed by atoms with Crippen molar-refractivity contribution in [2.45, 2.75) is 13.2 Å². The first-order valence-corrected chi connectivity index (χ1v) is 14.3. The van der Waals surface area contributed by atoms with Crippen LogP contribution >= 0.6 is 0 Å². The molecule has 0 radical (unpaired) electrons. The summed E-state index contributed by atoms with van der Waals surface area (Å²) in [7, 11) is -3.02. The highest BCUT2D eigenvalue weighted by atomic mass is 32.2. The average Bonchev–Trinajstić information content (AvgIpc) is 3.39. The van der Waals surface area contributed by atoms with E-state index in [1.165, 1.54) is 12.3 Å². The van der Waals surface area contributed by atoms with Crippen molar-refractivity contribution in [3.8, 4) is 28.3 Å². The van der Waals surface area contributed by atoms with Crippen LogP contribution in [-0.2, 0) is 23.0 Å². The number of furan rings is 1. The third-order valence-corrected chi connectivity index (χ3v) is 7.03. The fourth-order valence-corrected chi connectivity index (χ4v) is 4.56. The molecular weight excluding hydrogens is 519 g/mol. The summed E-state index contributed by atoms with van der Waals surface area (Å²) in [5.74, 6) is 0.954. The molecule has 0 fully saturated rings. The van der Waals surface area contributed by atoms with Crippen molar-refractivity contribution >= 4 is 26.6 Å². The normalized spacial score (nSPS) is 11.6. The van der Waals surface area contributed by atoms with Crippen molar-refractivity contribution in [1.29, 1.82) is 0 Å². The van der Waals surface area contributed by atoms with Crippen molar-refractivity contribution in [3.05, 3.63) is 96.2 Å². The Bertz CT molecular complexity index is 1720.